The van der Waals surface area contributed by atoms with Gasteiger partial charge in [0.25, 0.3) is 0 Å². The third-order valence-electron chi connectivity index (χ3n) is 2.70. The van der Waals surface area contributed by atoms with E-state index in [1.54, 1.807) is 6.07 Å². The summed E-state index contributed by atoms with van der Waals surface area (Å²) in [5, 5.41) is 5.71. The van der Waals surface area contributed by atoms with Gasteiger partial charge in [-0.05, 0) is 26.0 Å². The van der Waals surface area contributed by atoms with Crippen molar-refractivity contribution in [2.45, 2.75) is 32.4 Å². The van der Waals surface area contributed by atoms with Gasteiger partial charge in [0.1, 0.15) is 11.6 Å². The number of halogens is 1. The molecule has 0 heterocycles. The number of rotatable bonds is 7. The van der Waals surface area contributed by atoms with Gasteiger partial charge >= 0.3 is 0 Å². The van der Waals surface area contributed by atoms with Gasteiger partial charge in [-0.2, -0.15) is 0 Å². The number of amides is 1. The topological polar surface area (TPSA) is 76.4 Å². The largest absolute Gasteiger partial charge is 0.497 e. The zero-order valence-corrected chi connectivity index (χ0v) is 12.1. The SMILES string of the molecule is COc1ccc(F)c(NC(CN)CC(=O)NC(C)C)c1. The van der Waals surface area contributed by atoms with Gasteiger partial charge in [0, 0.05) is 31.1 Å². The number of hydrogen-bond acceptors (Lipinski definition) is 4. The predicted molar refractivity (Wildman–Crippen MR) is 77.3 cm³/mol. The molecule has 20 heavy (non-hydrogen) atoms. The van der Waals surface area contributed by atoms with Crippen molar-refractivity contribution in [2.75, 3.05) is 19.0 Å². The van der Waals surface area contributed by atoms with E-state index in [2.05, 4.69) is 10.6 Å². The molecule has 0 saturated carbocycles. The summed E-state index contributed by atoms with van der Waals surface area (Å²) in [6, 6.07) is 4.11. The van der Waals surface area contributed by atoms with Gasteiger partial charge in [-0.25, -0.2) is 4.39 Å². The van der Waals surface area contributed by atoms with E-state index in [1.807, 2.05) is 13.8 Å². The lowest BCUT2D eigenvalue weighted by Gasteiger charge is -2.19. The van der Waals surface area contributed by atoms with Crippen molar-refractivity contribution in [1.82, 2.24) is 5.32 Å². The van der Waals surface area contributed by atoms with Gasteiger partial charge in [-0.15, -0.1) is 0 Å². The molecule has 1 unspecified atom stereocenters. The summed E-state index contributed by atoms with van der Waals surface area (Å²) in [4.78, 5) is 11.7. The molecule has 0 saturated heterocycles. The molecule has 0 radical (unpaired) electrons. The van der Waals surface area contributed by atoms with Crippen LogP contribution in [-0.2, 0) is 4.79 Å². The Labute approximate surface area is 118 Å². The Balaban J connectivity index is 2.70. The predicted octanol–water partition coefficient (Wildman–Crippen LogP) is 1.49. The van der Waals surface area contributed by atoms with Crippen molar-refractivity contribution in [3.05, 3.63) is 24.0 Å². The second-order valence-electron chi connectivity index (χ2n) is 4.85. The molecule has 6 heteroatoms. The van der Waals surface area contributed by atoms with Crippen molar-refractivity contribution < 1.29 is 13.9 Å². The van der Waals surface area contributed by atoms with Crippen LogP contribution >= 0.6 is 0 Å². The summed E-state index contributed by atoms with van der Waals surface area (Å²) in [6.45, 7) is 3.98. The lowest BCUT2D eigenvalue weighted by molar-refractivity contribution is -0.121. The number of hydrogen-bond donors (Lipinski definition) is 3. The molecule has 4 N–H and O–H groups in total. The van der Waals surface area contributed by atoms with Gasteiger partial charge in [0.05, 0.1) is 12.8 Å². The Morgan fingerprint density at radius 2 is 2.15 bits per heavy atom. The quantitative estimate of drug-likeness (QED) is 0.708. The van der Waals surface area contributed by atoms with Crippen LogP contribution in [0.3, 0.4) is 0 Å². The first-order valence-corrected chi connectivity index (χ1v) is 6.55. The highest BCUT2D eigenvalue weighted by Gasteiger charge is 2.15. The van der Waals surface area contributed by atoms with E-state index in [-0.39, 0.29) is 36.6 Å². The van der Waals surface area contributed by atoms with Crippen molar-refractivity contribution in [3.63, 3.8) is 0 Å². The Kier molecular flexibility index (Phi) is 6.24. The van der Waals surface area contributed by atoms with Gasteiger partial charge < -0.3 is 21.1 Å². The fourth-order valence-electron chi connectivity index (χ4n) is 1.76. The molecule has 1 atom stereocenters. The van der Waals surface area contributed by atoms with Crippen molar-refractivity contribution >= 4 is 11.6 Å². The van der Waals surface area contributed by atoms with Crippen LogP contribution < -0.4 is 21.1 Å². The van der Waals surface area contributed by atoms with E-state index >= 15 is 0 Å². The van der Waals surface area contributed by atoms with Crippen LogP contribution in [0.15, 0.2) is 18.2 Å². The van der Waals surface area contributed by atoms with E-state index in [0.717, 1.165) is 0 Å². The highest BCUT2D eigenvalue weighted by molar-refractivity contribution is 5.77. The molecule has 0 aromatic heterocycles. The van der Waals surface area contributed by atoms with E-state index in [0.29, 0.717) is 5.75 Å². The molecular formula is C14H22FN3O2. The minimum Gasteiger partial charge on any atom is -0.497 e. The molecule has 0 spiro atoms. The Morgan fingerprint density at radius 3 is 2.70 bits per heavy atom. The number of ether oxygens (including phenoxy) is 1. The maximum atomic E-state index is 13.7. The summed E-state index contributed by atoms with van der Waals surface area (Å²) in [7, 11) is 1.51. The number of nitrogens with two attached hydrogens (primary N) is 1. The summed E-state index contributed by atoms with van der Waals surface area (Å²) < 4.78 is 18.7. The molecule has 1 rings (SSSR count). The number of anilines is 1. The number of nitrogens with one attached hydrogen (secondary N) is 2. The molecule has 0 aliphatic rings. The number of methoxy groups -OCH3 is 1. The van der Waals surface area contributed by atoms with Gasteiger partial charge in [-0.1, -0.05) is 0 Å². The van der Waals surface area contributed by atoms with E-state index in [1.165, 1.54) is 19.2 Å². The summed E-state index contributed by atoms with van der Waals surface area (Å²) in [5.41, 5.74) is 5.90. The highest BCUT2D eigenvalue weighted by Crippen LogP contribution is 2.22. The first-order chi connectivity index (χ1) is 9.46. The summed E-state index contributed by atoms with van der Waals surface area (Å²) in [5.74, 6) is 0.0103. The van der Waals surface area contributed by atoms with Gasteiger partial charge in [-0.3, -0.25) is 4.79 Å². The lowest BCUT2D eigenvalue weighted by Crippen LogP contribution is -2.38. The van der Waals surface area contributed by atoms with E-state index < -0.39 is 5.82 Å². The fraction of sp³-hybridized carbons (Fsp3) is 0.500. The van der Waals surface area contributed by atoms with Crippen molar-refractivity contribution in [2.24, 2.45) is 5.73 Å². The minimum atomic E-state index is -0.409. The Bertz CT molecular complexity index is 452. The number of carbonyl (C=O) groups excluding carboxylic acids is 1. The molecular weight excluding hydrogens is 261 g/mol. The smallest absolute Gasteiger partial charge is 0.222 e. The molecule has 5 nitrogen and oxygen atoms in total. The average Bonchev–Trinajstić information content (AvgIpc) is 2.39. The maximum absolute atomic E-state index is 13.7. The summed E-state index contributed by atoms with van der Waals surface area (Å²) >= 11 is 0. The lowest BCUT2D eigenvalue weighted by atomic mass is 10.1. The number of benzene rings is 1. The second kappa shape index (κ2) is 7.69. The zero-order valence-electron chi connectivity index (χ0n) is 12.1. The first kappa shape index (κ1) is 16.2. The highest BCUT2D eigenvalue weighted by atomic mass is 19.1. The van der Waals surface area contributed by atoms with Crippen molar-refractivity contribution in [1.29, 1.82) is 0 Å². The van der Waals surface area contributed by atoms with Crippen LogP contribution in [0.2, 0.25) is 0 Å². The normalized spacial score (nSPS) is 12.1. The molecule has 1 aromatic carbocycles. The van der Waals surface area contributed by atoms with E-state index in [9.17, 15) is 9.18 Å². The maximum Gasteiger partial charge on any atom is 0.222 e. The third-order valence-corrected chi connectivity index (χ3v) is 2.70. The monoisotopic (exact) mass is 283 g/mol. The van der Waals surface area contributed by atoms with Gasteiger partial charge in [0.15, 0.2) is 0 Å². The van der Waals surface area contributed by atoms with Crippen molar-refractivity contribution in [3.8, 4) is 5.75 Å². The molecule has 0 aliphatic heterocycles. The molecule has 0 aliphatic carbocycles. The minimum absolute atomic E-state index is 0.0643. The molecule has 1 amide bonds. The van der Waals surface area contributed by atoms with Crippen LogP contribution in [0.4, 0.5) is 10.1 Å². The first-order valence-electron chi connectivity index (χ1n) is 6.55. The van der Waals surface area contributed by atoms with Crippen LogP contribution in [-0.4, -0.2) is 31.6 Å². The summed E-state index contributed by atoms with van der Waals surface area (Å²) in [6.07, 6.45) is 0.186. The number of carbonyl (C=O) groups is 1. The molecule has 1 aromatic rings. The van der Waals surface area contributed by atoms with Crippen LogP contribution in [0.1, 0.15) is 20.3 Å². The molecule has 112 valence electrons. The zero-order chi connectivity index (χ0) is 15.1. The van der Waals surface area contributed by atoms with Crippen LogP contribution in [0, 0.1) is 5.82 Å². The Morgan fingerprint density at radius 1 is 1.45 bits per heavy atom. The molecule has 0 fully saturated rings. The van der Waals surface area contributed by atoms with Crippen LogP contribution in [0.5, 0.6) is 5.75 Å². The van der Waals surface area contributed by atoms with E-state index in [4.69, 9.17) is 10.5 Å². The van der Waals surface area contributed by atoms with Crippen LogP contribution in [0.25, 0.3) is 0 Å². The second-order valence-corrected chi connectivity index (χ2v) is 4.85. The standard InChI is InChI=1S/C14H22FN3O2/c1-9(2)17-14(19)6-10(8-16)18-13-7-11(20-3)4-5-12(13)15/h4-5,7,9-10,18H,6,8,16H2,1-3H3,(H,17,19). The van der Waals surface area contributed by atoms with Gasteiger partial charge in [0.2, 0.25) is 5.91 Å². The third kappa shape index (κ3) is 5.05. The Hall–Kier alpha value is -1.82. The fourth-order valence-corrected chi connectivity index (χ4v) is 1.76. The molecule has 0 bridgehead atoms. The average molecular weight is 283 g/mol.